The molecule has 106 valence electrons. The molecule has 2 aromatic rings. The Morgan fingerprint density at radius 3 is 2.30 bits per heavy atom. The smallest absolute Gasteiger partial charge is 0.312 e. The molecule has 0 saturated heterocycles. The van der Waals surface area contributed by atoms with Crippen LogP contribution in [-0.4, -0.2) is 31.3 Å². The van der Waals surface area contributed by atoms with Crippen LogP contribution in [0.3, 0.4) is 0 Å². The van der Waals surface area contributed by atoms with Gasteiger partial charge in [0.1, 0.15) is 5.69 Å². The molecule has 1 aromatic carbocycles. The van der Waals surface area contributed by atoms with Gasteiger partial charge in [0.25, 0.3) is 5.91 Å². The molecule has 4 N–H and O–H groups in total. The molecule has 0 aliphatic heterocycles. The summed E-state index contributed by atoms with van der Waals surface area (Å²) in [7, 11) is -2.27. The van der Waals surface area contributed by atoms with Gasteiger partial charge in [-0.15, -0.1) is 0 Å². The van der Waals surface area contributed by atoms with Crippen molar-refractivity contribution in [2.45, 2.75) is 4.90 Å². The molecule has 8 nitrogen and oxygen atoms in total. The van der Waals surface area contributed by atoms with Crippen molar-refractivity contribution in [3.63, 3.8) is 0 Å². The average Bonchev–Trinajstić information content (AvgIpc) is 2.83. The lowest BCUT2D eigenvalue weighted by Crippen LogP contribution is -2.27. The number of hydrogen-bond donors (Lipinski definition) is 3. The van der Waals surface area contributed by atoms with Crippen LogP contribution in [0, 0.1) is 0 Å². The predicted octanol–water partition coefficient (Wildman–Crippen LogP) is -0.373. The second-order valence-electron chi connectivity index (χ2n) is 4.06. The van der Waals surface area contributed by atoms with Gasteiger partial charge in [-0.2, -0.15) is 0 Å². The quantitative estimate of drug-likeness (QED) is 0.713. The van der Waals surface area contributed by atoms with Gasteiger partial charge in [-0.1, -0.05) is 0 Å². The summed E-state index contributed by atoms with van der Waals surface area (Å²) in [6.07, 6.45) is 1.26. The van der Waals surface area contributed by atoms with E-state index in [0.717, 1.165) is 0 Å². The number of aromatic amines is 2. The van der Waals surface area contributed by atoms with Gasteiger partial charge in [0.05, 0.1) is 4.90 Å². The van der Waals surface area contributed by atoms with E-state index < -0.39 is 21.6 Å². The summed E-state index contributed by atoms with van der Waals surface area (Å²) >= 11 is 0. The number of H-pyrrole nitrogens is 2. The highest BCUT2D eigenvalue weighted by Gasteiger charge is 2.16. The van der Waals surface area contributed by atoms with Crippen LogP contribution in [0.15, 0.2) is 40.2 Å². The summed E-state index contributed by atoms with van der Waals surface area (Å²) in [4.78, 5) is 28.9. The fourth-order valence-electron chi connectivity index (χ4n) is 1.60. The van der Waals surface area contributed by atoms with E-state index in [1.807, 2.05) is 0 Å². The van der Waals surface area contributed by atoms with Crippen molar-refractivity contribution in [3.05, 3.63) is 46.6 Å². The maximum absolute atomic E-state index is 12.0. The number of nitrogens with two attached hydrogens (primary N) is 1. The molecule has 0 saturated carbocycles. The second-order valence-corrected chi connectivity index (χ2v) is 5.62. The molecule has 0 bridgehead atoms. The first kappa shape index (κ1) is 14.0. The maximum Gasteiger partial charge on any atom is 0.323 e. The van der Waals surface area contributed by atoms with Gasteiger partial charge in [-0.25, -0.2) is 18.4 Å². The zero-order valence-corrected chi connectivity index (χ0v) is 11.3. The summed E-state index contributed by atoms with van der Waals surface area (Å²) in [5.41, 5.74) is 0.0868. The first-order chi connectivity index (χ1) is 9.29. The van der Waals surface area contributed by atoms with E-state index in [2.05, 4.69) is 9.97 Å². The maximum atomic E-state index is 12.0. The number of benzene rings is 1. The van der Waals surface area contributed by atoms with Crippen molar-refractivity contribution < 1.29 is 13.2 Å². The number of imidazole rings is 1. The number of anilines is 1. The molecule has 0 radical (unpaired) electrons. The highest BCUT2D eigenvalue weighted by atomic mass is 32.2. The van der Waals surface area contributed by atoms with Gasteiger partial charge in [0, 0.05) is 18.9 Å². The largest absolute Gasteiger partial charge is 0.323 e. The van der Waals surface area contributed by atoms with Gasteiger partial charge in [-0.05, 0) is 24.3 Å². The highest BCUT2D eigenvalue weighted by Crippen LogP contribution is 2.17. The van der Waals surface area contributed by atoms with Crippen LogP contribution in [0.4, 0.5) is 5.69 Å². The van der Waals surface area contributed by atoms with E-state index in [9.17, 15) is 18.0 Å². The van der Waals surface area contributed by atoms with Gasteiger partial charge in [0.2, 0.25) is 10.0 Å². The SMILES string of the molecule is CN(C(=O)c1c[nH]c(=O)[nH]1)c1ccc(S(N)(=O)=O)cc1. The lowest BCUT2D eigenvalue weighted by molar-refractivity contribution is 0.0988. The average molecular weight is 296 g/mol. The second kappa shape index (κ2) is 4.94. The van der Waals surface area contributed by atoms with Gasteiger partial charge >= 0.3 is 5.69 Å². The number of hydrogen-bond acceptors (Lipinski definition) is 4. The van der Waals surface area contributed by atoms with E-state index in [1.165, 1.54) is 42.4 Å². The van der Waals surface area contributed by atoms with Crippen molar-refractivity contribution >= 4 is 21.6 Å². The standard InChI is InChI=1S/C11H12N4O4S/c1-15(10(16)9-6-13-11(17)14-9)7-2-4-8(5-3-7)20(12,18)19/h2-6H,1H3,(H2,12,18,19)(H2,13,14,17). The third-order valence-electron chi connectivity index (χ3n) is 2.68. The van der Waals surface area contributed by atoms with Crippen LogP contribution in [0.2, 0.25) is 0 Å². The molecule has 20 heavy (non-hydrogen) atoms. The third kappa shape index (κ3) is 2.78. The van der Waals surface area contributed by atoms with Crippen molar-refractivity contribution in [3.8, 4) is 0 Å². The first-order valence-corrected chi connectivity index (χ1v) is 7.02. The van der Waals surface area contributed by atoms with Crippen molar-refractivity contribution in [1.82, 2.24) is 9.97 Å². The Morgan fingerprint density at radius 1 is 1.25 bits per heavy atom. The molecular formula is C11H12N4O4S. The Kier molecular flexibility index (Phi) is 3.47. The Hall–Kier alpha value is -2.39. The van der Waals surface area contributed by atoms with Crippen molar-refractivity contribution in [2.75, 3.05) is 11.9 Å². The molecule has 2 rings (SSSR count). The van der Waals surface area contributed by atoms with Gasteiger partial charge in [-0.3, -0.25) is 4.79 Å². The summed E-state index contributed by atoms with van der Waals surface area (Å²) < 4.78 is 22.3. The predicted molar refractivity (Wildman–Crippen MR) is 72.0 cm³/mol. The Morgan fingerprint density at radius 2 is 1.85 bits per heavy atom. The molecule has 1 heterocycles. The van der Waals surface area contributed by atoms with Crippen LogP contribution in [0.1, 0.15) is 10.5 Å². The summed E-state index contributed by atoms with van der Waals surface area (Å²) in [6.45, 7) is 0. The Bertz CT molecular complexity index is 788. The van der Waals surface area contributed by atoms with E-state index in [4.69, 9.17) is 5.14 Å². The molecular weight excluding hydrogens is 284 g/mol. The number of aromatic nitrogens is 2. The molecule has 9 heteroatoms. The summed E-state index contributed by atoms with van der Waals surface area (Å²) in [5, 5.41) is 4.98. The number of rotatable bonds is 3. The Balaban J connectivity index is 2.27. The number of sulfonamides is 1. The minimum absolute atomic E-state index is 0.0443. The number of amides is 1. The number of primary sulfonamides is 1. The number of carbonyl (C=O) groups excluding carboxylic acids is 1. The molecule has 0 aliphatic carbocycles. The Labute approximate surface area is 114 Å². The monoisotopic (exact) mass is 296 g/mol. The number of nitrogens with zero attached hydrogens (tertiary/aromatic N) is 1. The minimum Gasteiger partial charge on any atom is -0.312 e. The number of carbonyl (C=O) groups is 1. The topological polar surface area (TPSA) is 129 Å². The lowest BCUT2D eigenvalue weighted by Gasteiger charge is -2.16. The van der Waals surface area contributed by atoms with Gasteiger partial charge in [0.15, 0.2) is 0 Å². The zero-order chi connectivity index (χ0) is 14.9. The molecule has 1 amide bonds. The molecule has 0 aliphatic rings. The summed E-state index contributed by atoms with van der Waals surface area (Å²) in [5.74, 6) is -0.438. The van der Waals surface area contributed by atoms with Crippen molar-refractivity contribution in [2.24, 2.45) is 5.14 Å². The molecule has 0 fully saturated rings. The van der Waals surface area contributed by atoms with Crippen LogP contribution >= 0.6 is 0 Å². The number of nitrogens with one attached hydrogen (secondary N) is 2. The van der Waals surface area contributed by atoms with Crippen LogP contribution < -0.4 is 15.7 Å². The van der Waals surface area contributed by atoms with Crippen LogP contribution in [-0.2, 0) is 10.0 Å². The molecule has 0 atom stereocenters. The molecule has 1 aromatic heterocycles. The van der Waals surface area contributed by atoms with E-state index in [-0.39, 0.29) is 10.6 Å². The van der Waals surface area contributed by atoms with E-state index in [1.54, 1.807) is 0 Å². The van der Waals surface area contributed by atoms with E-state index >= 15 is 0 Å². The third-order valence-corrected chi connectivity index (χ3v) is 3.61. The van der Waals surface area contributed by atoms with Crippen LogP contribution in [0.5, 0.6) is 0 Å². The molecule has 0 unspecified atom stereocenters. The lowest BCUT2D eigenvalue weighted by atomic mass is 10.3. The zero-order valence-electron chi connectivity index (χ0n) is 10.5. The highest BCUT2D eigenvalue weighted by molar-refractivity contribution is 7.89. The van der Waals surface area contributed by atoms with Crippen molar-refractivity contribution in [1.29, 1.82) is 0 Å². The van der Waals surface area contributed by atoms with Crippen LogP contribution in [0.25, 0.3) is 0 Å². The van der Waals surface area contributed by atoms with E-state index in [0.29, 0.717) is 5.69 Å². The normalized spacial score (nSPS) is 11.3. The fourth-order valence-corrected chi connectivity index (χ4v) is 2.12. The van der Waals surface area contributed by atoms with Gasteiger partial charge < -0.3 is 14.9 Å². The minimum atomic E-state index is -3.77. The summed E-state index contributed by atoms with van der Waals surface area (Å²) in [6, 6.07) is 5.49. The molecule has 0 spiro atoms. The fraction of sp³-hybridized carbons (Fsp3) is 0.0909. The first-order valence-electron chi connectivity index (χ1n) is 5.47.